The number of rotatable bonds is 6. The van der Waals surface area contributed by atoms with Crippen LogP contribution < -0.4 is 10.6 Å². The molecule has 0 unspecified atom stereocenters. The highest BCUT2D eigenvalue weighted by atomic mass is 32.2. The molecular formula is C22H30FN5O3S. The number of amides is 2. The predicted molar refractivity (Wildman–Crippen MR) is 124 cm³/mol. The summed E-state index contributed by atoms with van der Waals surface area (Å²) in [6.45, 7) is 8.66. The van der Waals surface area contributed by atoms with Gasteiger partial charge in [-0.15, -0.1) is 0 Å². The number of aromatic nitrogens is 1. The lowest BCUT2D eigenvalue weighted by atomic mass is 10.1. The smallest absolute Gasteiger partial charge is 0.308 e. The standard InChI is InChI=1S/C22H30FN5O3S/c1-15(2)32(30,31)28-11-10-27(17(4)13-28)14-18-6-5-7-20(21(18)23)26-22(29)25-19-8-9-24-16(3)12-19/h5-9,12,15,17H,10-11,13-14H2,1-4H3,(H2,24,25,26,29)/t17-/m0/s1. The topological polar surface area (TPSA) is 94.6 Å². The third-order valence-corrected chi connectivity index (χ3v) is 7.78. The van der Waals surface area contributed by atoms with Gasteiger partial charge in [-0.05, 0) is 45.9 Å². The van der Waals surface area contributed by atoms with Gasteiger partial charge in [0.2, 0.25) is 10.0 Å². The fourth-order valence-electron chi connectivity index (χ4n) is 3.65. The lowest BCUT2D eigenvalue weighted by Crippen LogP contribution is -2.54. The minimum atomic E-state index is -3.31. The van der Waals surface area contributed by atoms with Gasteiger partial charge in [0.15, 0.2) is 5.82 Å². The molecule has 0 radical (unpaired) electrons. The van der Waals surface area contributed by atoms with E-state index >= 15 is 4.39 Å². The lowest BCUT2D eigenvalue weighted by Gasteiger charge is -2.39. The number of benzene rings is 1. The van der Waals surface area contributed by atoms with E-state index in [9.17, 15) is 13.2 Å². The molecular weight excluding hydrogens is 433 g/mol. The first-order valence-corrected chi connectivity index (χ1v) is 12.1. The van der Waals surface area contributed by atoms with Crippen LogP contribution in [-0.2, 0) is 16.6 Å². The molecule has 2 N–H and O–H groups in total. The third kappa shape index (κ3) is 5.62. The molecule has 0 saturated carbocycles. The van der Waals surface area contributed by atoms with E-state index in [1.165, 1.54) is 10.4 Å². The van der Waals surface area contributed by atoms with Crippen LogP contribution in [0.15, 0.2) is 36.5 Å². The van der Waals surface area contributed by atoms with Crippen LogP contribution >= 0.6 is 0 Å². The molecule has 1 aromatic heterocycles. The zero-order chi connectivity index (χ0) is 23.5. The second kappa shape index (κ2) is 9.93. The van der Waals surface area contributed by atoms with E-state index in [-0.39, 0.29) is 11.7 Å². The van der Waals surface area contributed by atoms with Crippen molar-refractivity contribution in [3.8, 4) is 0 Å². The molecule has 1 aromatic carbocycles. The Bertz CT molecular complexity index is 1080. The fourth-order valence-corrected chi connectivity index (χ4v) is 5.01. The maximum absolute atomic E-state index is 15.1. The van der Waals surface area contributed by atoms with Crippen molar-refractivity contribution in [1.29, 1.82) is 0 Å². The van der Waals surface area contributed by atoms with Crippen molar-refractivity contribution in [2.45, 2.75) is 45.5 Å². The summed E-state index contributed by atoms with van der Waals surface area (Å²) >= 11 is 0. The van der Waals surface area contributed by atoms with Gasteiger partial charge in [0.1, 0.15) is 0 Å². The first-order valence-electron chi connectivity index (χ1n) is 10.6. The van der Waals surface area contributed by atoms with Crippen LogP contribution in [0.4, 0.5) is 20.6 Å². The number of carbonyl (C=O) groups is 1. The Kier molecular flexibility index (Phi) is 7.47. The average Bonchev–Trinajstić information content (AvgIpc) is 2.72. The number of pyridine rings is 1. The number of piperazine rings is 1. The second-order valence-corrected chi connectivity index (χ2v) is 10.8. The summed E-state index contributed by atoms with van der Waals surface area (Å²) < 4.78 is 41.5. The highest BCUT2D eigenvalue weighted by Gasteiger charge is 2.33. The number of anilines is 2. The van der Waals surface area contributed by atoms with E-state index in [4.69, 9.17) is 0 Å². The molecule has 32 heavy (non-hydrogen) atoms. The van der Waals surface area contributed by atoms with Crippen LogP contribution in [0, 0.1) is 12.7 Å². The van der Waals surface area contributed by atoms with E-state index in [1.807, 2.05) is 18.7 Å². The second-order valence-electron chi connectivity index (χ2n) is 8.31. The average molecular weight is 464 g/mol. The number of urea groups is 1. The van der Waals surface area contributed by atoms with Crippen LogP contribution in [-0.4, -0.2) is 59.6 Å². The number of sulfonamides is 1. The van der Waals surface area contributed by atoms with Crippen molar-refractivity contribution in [3.63, 3.8) is 0 Å². The highest BCUT2D eigenvalue weighted by molar-refractivity contribution is 7.89. The van der Waals surface area contributed by atoms with Gasteiger partial charge >= 0.3 is 6.03 Å². The van der Waals surface area contributed by atoms with Gasteiger partial charge in [0.25, 0.3) is 0 Å². The molecule has 1 aliphatic heterocycles. The molecule has 2 heterocycles. The molecule has 174 valence electrons. The van der Waals surface area contributed by atoms with Gasteiger partial charge in [0, 0.05) is 55.4 Å². The summed E-state index contributed by atoms with van der Waals surface area (Å²) in [6.07, 6.45) is 1.58. The molecule has 2 amide bonds. The molecule has 10 heteroatoms. The minimum absolute atomic E-state index is 0.0634. The maximum atomic E-state index is 15.1. The van der Waals surface area contributed by atoms with Crippen molar-refractivity contribution in [2.75, 3.05) is 30.3 Å². The summed E-state index contributed by atoms with van der Waals surface area (Å²) in [7, 11) is -3.31. The van der Waals surface area contributed by atoms with E-state index in [1.54, 1.807) is 44.3 Å². The summed E-state index contributed by atoms with van der Waals surface area (Å²) in [6, 6.07) is 7.63. The first kappa shape index (κ1) is 24.1. The lowest BCUT2D eigenvalue weighted by molar-refractivity contribution is 0.120. The summed E-state index contributed by atoms with van der Waals surface area (Å²) in [5, 5.41) is 4.75. The van der Waals surface area contributed by atoms with Crippen molar-refractivity contribution in [1.82, 2.24) is 14.2 Å². The fraction of sp³-hybridized carbons (Fsp3) is 0.455. The Hall–Kier alpha value is -2.56. The van der Waals surface area contributed by atoms with Crippen molar-refractivity contribution in [2.24, 2.45) is 0 Å². The maximum Gasteiger partial charge on any atom is 0.323 e. The normalized spacial score (nSPS) is 18.0. The number of nitrogens with zero attached hydrogens (tertiary/aromatic N) is 3. The Morgan fingerprint density at radius 2 is 2.00 bits per heavy atom. The molecule has 1 aliphatic rings. The van der Waals surface area contributed by atoms with Crippen molar-refractivity contribution in [3.05, 3.63) is 53.6 Å². The van der Waals surface area contributed by atoms with E-state index in [0.29, 0.717) is 37.4 Å². The monoisotopic (exact) mass is 463 g/mol. The van der Waals surface area contributed by atoms with Crippen LogP contribution in [0.2, 0.25) is 0 Å². The van der Waals surface area contributed by atoms with Gasteiger partial charge in [-0.1, -0.05) is 12.1 Å². The van der Waals surface area contributed by atoms with Crippen molar-refractivity contribution >= 4 is 27.4 Å². The van der Waals surface area contributed by atoms with Crippen LogP contribution in [0.5, 0.6) is 0 Å². The summed E-state index contributed by atoms with van der Waals surface area (Å²) in [5.74, 6) is -0.502. The Labute approximate surface area is 188 Å². The number of hydrogen-bond acceptors (Lipinski definition) is 5. The Balaban J connectivity index is 1.65. The van der Waals surface area contributed by atoms with E-state index in [2.05, 4.69) is 15.6 Å². The molecule has 0 spiro atoms. The number of halogens is 1. The third-order valence-electron chi connectivity index (χ3n) is 5.54. The Morgan fingerprint density at radius 3 is 2.66 bits per heavy atom. The van der Waals surface area contributed by atoms with Crippen LogP contribution in [0.3, 0.4) is 0 Å². The van der Waals surface area contributed by atoms with Gasteiger partial charge in [-0.25, -0.2) is 17.6 Å². The molecule has 0 bridgehead atoms. The van der Waals surface area contributed by atoms with Gasteiger partial charge in [-0.2, -0.15) is 4.31 Å². The predicted octanol–water partition coefficient (Wildman–Crippen LogP) is 3.42. The van der Waals surface area contributed by atoms with Crippen LogP contribution in [0.1, 0.15) is 32.0 Å². The number of hydrogen-bond donors (Lipinski definition) is 2. The van der Waals surface area contributed by atoms with Gasteiger partial charge < -0.3 is 10.6 Å². The summed E-state index contributed by atoms with van der Waals surface area (Å²) in [4.78, 5) is 18.4. The van der Waals surface area contributed by atoms with Gasteiger partial charge in [0.05, 0.1) is 10.9 Å². The molecule has 3 rings (SSSR count). The van der Waals surface area contributed by atoms with Crippen molar-refractivity contribution < 1.29 is 17.6 Å². The molecule has 8 nitrogen and oxygen atoms in total. The number of aryl methyl sites for hydroxylation is 1. The SMILES string of the molecule is Cc1cc(NC(=O)Nc2cccc(CN3CCN(S(=O)(=O)C(C)C)C[C@@H]3C)c2F)ccn1. The minimum Gasteiger partial charge on any atom is -0.308 e. The van der Waals surface area contributed by atoms with E-state index < -0.39 is 27.1 Å². The summed E-state index contributed by atoms with van der Waals surface area (Å²) in [5.41, 5.74) is 1.84. The first-order chi connectivity index (χ1) is 15.1. The number of nitrogens with one attached hydrogen (secondary N) is 2. The molecule has 1 fully saturated rings. The van der Waals surface area contributed by atoms with Crippen LogP contribution in [0.25, 0.3) is 0 Å². The quantitative estimate of drug-likeness (QED) is 0.685. The molecule has 2 aromatic rings. The molecule has 1 saturated heterocycles. The molecule has 1 atom stereocenters. The number of carbonyl (C=O) groups excluding carboxylic acids is 1. The highest BCUT2D eigenvalue weighted by Crippen LogP contribution is 2.23. The van der Waals surface area contributed by atoms with E-state index in [0.717, 1.165) is 5.69 Å². The zero-order valence-electron chi connectivity index (χ0n) is 18.8. The zero-order valence-corrected chi connectivity index (χ0v) is 19.6. The molecule has 0 aliphatic carbocycles. The largest absolute Gasteiger partial charge is 0.323 e. The van der Waals surface area contributed by atoms with Gasteiger partial charge in [-0.3, -0.25) is 9.88 Å². The Morgan fingerprint density at radius 1 is 1.25 bits per heavy atom.